The Labute approximate surface area is 120 Å². The summed E-state index contributed by atoms with van der Waals surface area (Å²) < 4.78 is 10.2. The predicted octanol–water partition coefficient (Wildman–Crippen LogP) is 0.919. The van der Waals surface area contributed by atoms with E-state index in [0.717, 1.165) is 4.90 Å². The molecule has 2 heterocycles. The van der Waals surface area contributed by atoms with Gasteiger partial charge in [-0.2, -0.15) is 0 Å². The van der Waals surface area contributed by atoms with Gasteiger partial charge in [0.1, 0.15) is 0 Å². The lowest BCUT2D eigenvalue weighted by molar-refractivity contribution is -0.119. The van der Waals surface area contributed by atoms with Crippen LogP contribution in [-0.2, 0) is 19.1 Å². The van der Waals surface area contributed by atoms with Gasteiger partial charge in [0, 0.05) is 18.1 Å². The van der Waals surface area contributed by atoms with Crippen molar-refractivity contribution < 1.29 is 23.9 Å². The van der Waals surface area contributed by atoms with Crippen molar-refractivity contribution in [2.24, 2.45) is 5.92 Å². The van der Waals surface area contributed by atoms with Gasteiger partial charge in [0.2, 0.25) is 0 Å². The minimum atomic E-state index is -0.425. The first kappa shape index (κ1) is 13.5. The normalized spacial score (nSPS) is 18.0. The van der Waals surface area contributed by atoms with Gasteiger partial charge < -0.3 is 9.47 Å². The topological polar surface area (TPSA) is 72.9 Å². The number of nitrogens with zero attached hydrogens (tertiary/aromatic N) is 1. The summed E-state index contributed by atoms with van der Waals surface area (Å²) in [7, 11) is 0. The molecule has 0 spiro atoms. The number of rotatable bonds is 4. The largest absolute Gasteiger partial charge is 0.462 e. The molecule has 1 saturated heterocycles. The number of hydrogen-bond acceptors (Lipinski definition) is 5. The summed E-state index contributed by atoms with van der Waals surface area (Å²) in [6.07, 6.45) is 2.43. The number of hydrogen-bond donors (Lipinski definition) is 0. The van der Waals surface area contributed by atoms with Crippen LogP contribution in [0.5, 0.6) is 0 Å². The summed E-state index contributed by atoms with van der Waals surface area (Å²) in [5.41, 5.74) is 0.810. The van der Waals surface area contributed by atoms with Gasteiger partial charge in [0.25, 0.3) is 11.8 Å². The lowest BCUT2D eigenvalue weighted by Crippen LogP contribution is -2.32. The van der Waals surface area contributed by atoms with E-state index >= 15 is 0 Å². The molecule has 0 unspecified atom stereocenters. The van der Waals surface area contributed by atoms with Crippen LogP contribution in [0.1, 0.15) is 10.4 Å². The van der Waals surface area contributed by atoms with Gasteiger partial charge in [-0.05, 0) is 24.3 Å². The zero-order valence-electron chi connectivity index (χ0n) is 11.2. The quantitative estimate of drug-likeness (QED) is 0.608. The van der Waals surface area contributed by atoms with Crippen LogP contribution in [-0.4, -0.2) is 37.6 Å². The molecular weight excluding hydrogens is 274 g/mol. The third kappa shape index (κ3) is 2.71. The summed E-state index contributed by atoms with van der Waals surface area (Å²) in [4.78, 5) is 35.9. The van der Waals surface area contributed by atoms with E-state index in [0.29, 0.717) is 31.1 Å². The molecule has 0 saturated carbocycles. The number of benzene rings is 1. The first-order chi connectivity index (χ1) is 10.1. The first-order valence-electron chi connectivity index (χ1n) is 6.56. The molecule has 0 aliphatic carbocycles. The lowest BCUT2D eigenvalue weighted by atomic mass is 10.1. The molecule has 6 heteroatoms. The minimum absolute atomic E-state index is 0.277. The standard InChI is InChI=1S/C15H13NO5/c17-13-5-6-14(18)16(13)12-3-1-11(2-4-12)15(19)21-9-10-7-20-8-10/h1-6,10H,7-9H2. The summed E-state index contributed by atoms with van der Waals surface area (Å²) in [5.74, 6) is -0.926. The van der Waals surface area contributed by atoms with Gasteiger partial charge in [-0.15, -0.1) is 0 Å². The highest BCUT2D eigenvalue weighted by atomic mass is 16.5. The average molecular weight is 287 g/mol. The van der Waals surface area contributed by atoms with E-state index in [4.69, 9.17) is 9.47 Å². The Kier molecular flexibility index (Phi) is 3.53. The van der Waals surface area contributed by atoms with E-state index in [9.17, 15) is 14.4 Å². The second-order valence-electron chi connectivity index (χ2n) is 4.89. The Bertz CT molecular complexity index is 597. The van der Waals surface area contributed by atoms with Crippen LogP contribution in [0.25, 0.3) is 0 Å². The maximum absolute atomic E-state index is 11.8. The van der Waals surface area contributed by atoms with Gasteiger partial charge in [0.15, 0.2) is 0 Å². The van der Waals surface area contributed by atoms with Crippen LogP contribution in [0, 0.1) is 5.92 Å². The first-order valence-corrected chi connectivity index (χ1v) is 6.56. The van der Waals surface area contributed by atoms with Crippen LogP contribution in [0.3, 0.4) is 0 Å². The monoisotopic (exact) mass is 287 g/mol. The number of ether oxygens (including phenoxy) is 2. The number of esters is 1. The number of amides is 2. The Morgan fingerprint density at radius 3 is 2.29 bits per heavy atom. The molecule has 1 aromatic carbocycles. The van der Waals surface area contributed by atoms with Crippen LogP contribution in [0.4, 0.5) is 5.69 Å². The van der Waals surface area contributed by atoms with Crippen LogP contribution in [0.2, 0.25) is 0 Å². The van der Waals surface area contributed by atoms with E-state index in [1.165, 1.54) is 24.3 Å². The fraction of sp³-hybridized carbons (Fsp3) is 0.267. The number of anilines is 1. The molecule has 108 valence electrons. The average Bonchev–Trinajstić information content (AvgIpc) is 2.76. The second-order valence-corrected chi connectivity index (χ2v) is 4.89. The van der Waals surface area contributed by atoms with E-state index in [2.05, 4.69) is 0 Å². The van der Waals surface area contributed by atoms with Gasteiger partial charge >= 0.3 is 5.97 Å². The zero-order chi connectivity index (χ0) is 14.8. The molecule has 0 atom stereocenters. The van der Waals surface area contributed by atoms with Gasteiger partial charge in [-0.1, -0.05) is 0 Å². The molecule has 2 amide bonds. The molecule has 0 radical (unpaired) electrons. The molecule has 2 aliphatic heterocycles. The van der Waals surface area contributed by atoms with E-state index in [1.54, 1.807) is 12.1 Å². The van der Waals surface area contributed by atoms with Gasteiger partial charge in [-0.25, -0.2) is 9.69 Å². The molecular formula is C15H13NO5. The van der Waals surface area contributed by atoms with Crippen LogP contribution < -0.4 is 4.90 Å². The summed E-state index contributed by atoms with van der Waals surface area (Å²) in [5, 5.41) is 0. The Balaban J connectivity index is 1.64. The van der Waals surface area contributed by atoms with Crippen LogP contribution in [0.15, 0.2) is 36.4 Å². The highest BCUT2D eigenvalue weighted by molar-refractivity contribution is 6.28. The van der Waals surface area contributed by atoms with Gasteiger partial charge in [0.05, 0.1) is 31.1 Å². The van der Waals surface area contributed by atoms with Crippen molar-refractivity contribution in [2.75, 3.05) is 24.7 Å². The maximum Gasteiger partial charge on any atom is 0.338 e. The third-order valence-electron chi connectivity index (χ3n) is 3.33. The lowest BCUT2D eigenvalue weighted by Gasteiger charge is -2.25. The number of imide groups is 1. The molecule has 3 rings (SSSR count). The molecule has 0 bridgehead atoms. The minimum Gasteiger partial charge on any atom is -0.462 e. The van der Waals surface area contributed by atoms with E-state index in [1.807, 2.05) is 0 Å². The third-order valence-corrected chi connectivity index (χ3v) is 3.33. The van der Waals surface area contributed by atoms with Crippen molar-refractivity contribution in [3.63, 3.8) is 0 Å². The Morgan fingerprint density at radius 1 is 1.14 bits per heavy atom. The van der Waals surface area contributed by atoms with Gasteiger partial charge in [-0.3, -0.25) is 9.59 Å². The molecule has 2 aliphatic rings. The predicted molar refractivity (Wildman–Crippen MR) is 72.7 cm³/mol. The molecule has 1 aromatic rings. The van der Waals surface area contributed by atoms with Crippen molar-refractivity contribution in [1.29, 1.82) is 0 Å². The van der Waals surface area contributed by atoms with Crippen molar-refractivity contribution in [3.8, 4) is 0 Å². The fourth-order valence-corrected chi connectivity index (χ4v) is 2.06. The molecule has 6 nitrogen and oxygen atoms in total. The smallest absolute Gasteiger partial charge is 0.338 e. The molecule has 0 N–H and O–H groups in total. The van der Waals surface area contributed by atoms with E-state index < -0.39 is 5.97 Å². The van der Waals surface area contributed by atoms with Crippen LogP contribution >= 0.6 is 0 Å². The Morgan fingerprint density at radius 2 is 1.76 bits per heavy atom. The van der Waals surface area contributed by atoms with Crippen molar-refractivity contribution in [3.05, 3.63) is 42.0 Å². The highest BCUT2D eigenvalue weighted by Crippen LogP contribution is 2.20. The zero-order valence-corrected chi connectivity index (χ0v) is 11.2. The summed E-state index contributed by atoms with van der Waals surface area (Å²) >= 11 is 0. The fourth-order valence-electron chi connectivity index (χ4n) is 2.06. The number of carbonyl (C=O) groups excluding carboxylic acids is 3. The Hall–Kier alpha value is -2.47. The molecule has 0 aromatic heterocycles. The summed E-state index contributed by atoms with van der Waals surface area (Å²) in [6, 6.07) is 6.17. The van der Waals surface area contributed by atoms with E-state index in [-0.39, 0.29) is 17.7 Å². The SMILES string of the molecule is O=C(OCC1COC1)c1ccc(N2C(=O)C=CC2=O)cc1. The van der Waals surface area contributed by atoms with Crippen molar-refractivity contribution in [1.82, 2.24) is 0 Å². The highest BCUT2D eigenvalue weighted by Gasteiger charge is 2.25. The molecule has 21 heavy (non-hydrogen) atoms. The number of carbonyl (C=O) groups is 3. The molecule has 1 fully saturated rings. The van der Waals surface area contributed by atoms with Crippen molar-refractivity contribution in [2.45, 2.75) is 0 Å². The second kappa shape index (κ2) is 5.49. The maximum atomic E-state index is 11.8. The van der Waals surface area contributed by atoms with Crippen molar-refractivity contribution >= 4 is 23.5 Å². The summed E-state index contributed by atoms with van der Waals surface area (Å²) in [6.45, 7) is 1.59.